The molecule has 0 atom stereocenters. The molecule has 0 saturated carbocycles. The highest BCUT2D eigenvalue weighted by Gasteiger charge is 2.41. The first kappa shape index (κ1) is 18.4. The second kappa shape index (κ2) is 7.21. The van der Waals surface area contributed by atoms with Gasteiger partial charge >= 0.3 is 0 Å². The maximum atomic E-state index is 13.2. The van der Waals surface area contributed by atoms with Crippen molar-refractivity contribution in [2.45, 2.75) is 6.54 Å². The lowest BCUT2D eigenvalue weighted by molar-refractivity contribution is 0.104. The summed E-state index contributed by atoms with van der Waals surface area (Å²) in [5, 5.41) is 4.49. The van der Waals surface area contributed by atoms with Crippen LogP contribution in [0.15, 0.2) is 77.1 Å². The Labute approximate surface area is 165 Å². The fourth-order valence-electron chi connectivity index (χ4n) is 2.90. The van der Waals surface area contributed by atoms with E-state index in [0.717, 1.165) is 5.56 Å². The number of hydrogen-bond acceptors (Lipinski definition) is 5. The van der Waals surface area contributed by atoms with Crippen LogP contribution in [0.25, 0.3) is 0 Å². The van der Waals surface area contributed by atoms with Crippen molar-refractivity contribution in [3.8, 4) is 0 Å². The number of anilines is 2. The maximum absolute atomic E-state index is 13.2. The lowest BCUT2D eigenvalue weighted by Crippen LogP contribution is -2.38. The standard InChI is InChI=1S/C20H15FN2O3S2/c21-15-6-8-16(9-7-15)22-12-18-19(24)20-17(10-11-27-20)23(28(18,25)26)13-14-4-2-1-3-5-14/h1-12,22H,13H2. The van der Waals surface area contributed by atoms with E-state index in [9.17, 15) is 17.6 Å². The molecule has 1 aliphatic rings. The molecule has 0 fully saturated rings. The average Bonchev–Trinajstić information content (AvgIpc) is 3.17. The molecule has 1 aromatic heterocycles. The molecule has 8 heteroatoms. The molecule has 142 valence electrons. The van der Waals surface area contributed by atoms with E-state index in [2.05, 4.69) is 5.32 Å². The fraction of sp³-hybridized carbons (Fsp3) is 0.0500. The van der Waals surface area contributed by atoms with Gasteiger partial charge in [0.15, 0.2) is 4.91 Å². The third-order valence-electron chi connectivity index (χ3n) is 4.29. The highest BCUT2D eigenvalue weighted by atomic mass is 32.2. The smallest absolute Gasteiger partial charge is 0.270 e. The molecule has 0 aliphatic carbocycles. The van der Waals surface area contributed by atoms with Crippen molar-refractivity contribution in [3.05, 3.63) is 93.4 Å². The number of thiophene rings is 1. The van der Waals surface area contributed by atoms with Crippen molar-refractivity contribution in [3.63, 3.8) is 0 Å². The van der Waals surface area contributed by atoms with Gasteiger partial charge in [-0.1, -0.05) is 30.3 Å². The number of fused-ring (bicyclic) bond motifs is 1. The number of allylic oxidation sites excluding steroid dienone is 1. The van der Waals surface area contributed by atoms with Crippen molar-refractivity contribution in [2.24, 2.45) is 0 Å². The van der Waals surface area contributed by atoms with Gasteiger partial charge in [0.1, 0.15) is 10.7 Å². The molecule has 1 aliphatic heterocycles. The molecular weight excluding hydrogens is 399 g/mol. The Morgan fingerprint density at radius 3 is 2.46 bits per heavy atom. The minimum atomic E-state index is -4.06. The highest BCUT2D eigenvalue weighted by Crippen LogP contribution is 2.39. The summed E-state index contributed by atoms with van der Waals surface area (Å²) in [4.78, 5) is 12.8. The Hall–Kier alpha value is -2.97. The molecule has 28 heavy (non-hydrogen) atoms. The lowest BCUT2D eigenvalue weighted by Gasteiger charge is -2.29. The largest absolute Gasteiger partial charge is 0.360 e. The topological polar surface area (TPSA) is 66.5 Å². The summed E-state index contributed by atoms with van der Waals surface area (Å²) in [5.41, 5.74) is 1.67. The molecule has 0 spiro atoms. The van der Waals surface area contributed by atoms with Crippen LogP contribution in [0.2, 0.25) is 0 Å². The number of nitrogens with one attached hydrogen (secondary N) is 1. The summed E-state index contributed by atoms with van der Waals surface area (Å²) in [6.07, 6.45) is 1.17. The van der Waals surface area contributed by atoms with Crippen LogP contribution in [0.3, 0.4) is 0 Å². The van der Waals surface area contributed by atoms with E-state index in [1.54, 1.807) is 11.4 Å². The van der Waals surface area contributed by atoms with Crippen LogP contribution in [0.1, 0.15) is 15.2 Å². The van der Waals surface area contributed by atoms with Crippen LogP contribution >= 0.6 is 11.3 Å². The first-order chi connectivity index (χ1) is 13.5. The van der Waals surface area contributed by atoms with Gasteiger partial charge in [-0.05, 0) is 41.3 Å². The number of hydrogen-bond donors (Lipinski definition) is 1. The number of carbonyl (C=O) groups excluding carboxylic acids is 1. The van der Waals surface area contributed by atoms with Gasteiger partial charge in [0.25, 0.3) is 10.0 Å². The zero-order valence-corrected chi connectivity index (χ0v) is 16.1. The lowest BCUT2D eigenvalue weighted by atomic mass is 10.2. The average molecular weight is 414 g/mol. The Morgan fingerprint density at radius 1 is 1.04 bits per heavy atom. The number of ketones is 1. The van der Waals surface area contributed by atoms with Crippen molar-refractivity contribution in [1.29, 1.82) is 0 Å². The molecule has 0 amide bonds. The molecule has 0 radical (unpaired) electrons. The van der Waals surface area contributed by atoms with Crippen LogP contribution in [0.4, 0.5) is 15.8 Å². The Kier molecular flexibility index (Phi) is 4.74. The zero-order valence-electron chi connectivity index (χ0n) is 14.5. The minimum absolute atomic E-state index is 0.119. The second-order valence-electron chi connectivity index (χ2n) is 6.12. The monoisotopic (exact) mass is 414 g/mol. The molecule has 1 N–H and O–H groups in total. The number of benzene rings is 2. The van der Waals surface area contributed by atoms with Gasteiger partial charge in [-0.3, -0.25) is 9.10 Å². The summed E-state index contributed by atoms with van der Waals surface area (Å²) >= 11 is 1.20. The first-order valence-corrected chi connectivity index (χ1v) is 10.7. The Balaban J connectivity index is 1.74. The van der Waals surface area contributed by atoms with Crippen LogP contribution < -0.4 is 9.62 Å². The fourth-order valence-corrected chi connectivity index (χ4v) is 5.38. The summed E-state index contributed by atoms with van der Waals surface area (Å²) in [6.45, 7) is 0.119. The number of halogens is 1. The van der Waals surface area contributed by atoms with Crippen molar-refractivity contribution < 1.29 is 17.6 Å². The first-order valence-electron chi connectivity index (χ1n) is 8.38. The van der Waals surface area contributed by atoms with Gasteiger partial charge < -0.3 is 5.32 Å². The molecule has 2 aromatic carbocycles. The van der Waals surface area contributed by atoms with E-state index in [-0.39, 0.29) is 11.4 Å². The molecule has 4 rings (SSSR count). The number of Topliss-reactive ketones (excluding diaryl/α,β-unsaturated/α-hetero) is 1. The van der Waals surface area contributed by atoms with Crippen LogP contribution in [0.5, 0.6) is 0 Å². The van der Waals surface area contributed by atoms with Gasteiger partial charge in [0.05, 0.1) is 12.2 Å². The highest BCUT2D eigenvalue weighted by molar-refractivity contribution is 7.97. The van der Waals surface area contributed by atoms with E-state index in [4.69, 9.17) is 0 Å². The van der Waals surface area contributed by atoms with E-state index in [0.29, 0.717) is 16.3 Å². The van der Waals surface area contributed by atoms with Gasteiger partial charge in [-0.2, -0.15) is 0 Å². The normalized spacial score (nSPS) is 16.8. The predicted molar refractivity (Wildman–Crippen MR) is 108 cm³/mol. The Morgan fingerprint density at radius 2 is 1.75 bits per heavy atom. The number of nitrogens with zero attached hydrogens (tertiary/aromatic N) is 1. The van der Waals surface area contributed by atoms with Crippen molar-refractivity contribution in [1.82, 2.24) is 0 Å². The van der Waals surface area contributed by atoms with Crippen LogP contribution in [-0.4, -0.2) is 14.2 Å². The zero-order chi connectivity index (χ0) is 19.7. The molecule has 2 heterocycles. The summed E-state index contributed by atoms with van der Waals surface area (Å²) in [7, 11) is -4.06. The summed E-state index contributed by atoms with van der Waals surface area (Å²) < 4.78 is 40.7. The van der Waals surface area contributed by atoms with Gasteiger partial charge in [-0.25, -0.2) is 12.8 Å². The van der Waals surface area contributed by atoms with Crippen LogP contribution in [-0.2, 0) is 16.6 Å². The van der Waals surface area contributed by atoms with E-state index in [1.807, 2.05) is 30.3 Å². The summed E-state index contributed by atoms with van der Waals surface area (Å²) in [5.74, 6) is -0.958. The van der Waals surface area contributed by atoms with Gasteiger partial charge in [-0.15, -0.1) is 11.3 Å². The third-order valence-corrected chi connectivity index (χ3v) is 6.96. The SMILES string of the molecule is O=C1C(=CNc2ccc(F)cc2)S(=O)(=O)N(Cc2ccccc2)c2ccsc21. The Bertz CT molecular complexity index is 1150. The molecule has 0 saturated heterocycles. The van der Waals surface area contributed by atoms with Crippen molar-refractivity contribution in [2.75, 3.05) is 9.62 Å². The maximum Gasteiger partial charge on any atom is 0.270 e. The number of carbonyl (C=O) groups is 1. The minimum Gasteiger partial charge on any atom is -0.360 e. The molecule has 5 nitrogen and oxygen atoms in total. The number of sulfonamides is 1. The molecule has 3 aromatic rings. The second-order valence-corrected chi connectivity index (χ2v) is 8.87. The van der Waals surface area contributed by atoms with E-state index >= 15 is 0 Å². The van der Waals surface area contributed by atoms with Gasteiger partial charge in [0.2, 0.25) is 5.78 Å². The quantitative estimate of drug-likeness (QED) is 0.644. The predicted octanol–water partition coefficient (Wildman–Crippen LogP) is 4.37. The van der Waals surface area contributed by atoms with Crippen LogP contribution in [0, 0.1) is 5.82 Å². The molecule has 0 bridgehead atoms. The molecule has 0 unspecified atom stereocenters. The van der Waals surface area contributed by atoms with Gasteiger partial charge in [0, 0.05) is 11.9 Å². The summed E-state index contributed by atoms with van der Waals surface area (Å²) in [6, 6.07) is 16.2. The van der Waals surface area contributed by atoms with Crippen molar-refractivity contribution >= 4 is 38.5 Å². The number of rotatable bonds is 4. The van der Waals surface area contributed by atoms with E-state index in [1.165, 1.54) is 46.1 Å². The third kappa shape index (κ3) is 3.32. The molecular formula is C20H15FN2O3S2. The van der Waals surface area contributed by atoms with E-state index < -0.39 is 21.6 Å².